The van der Waals surface area contributed by atoms with Crippen LogP contribution in [-0.2, 0) is 10.4 Å². The first-order chi connectivity index (χ1) is 12.6. The largest absolute Gasteiger partial charge is 0.394 e. The highest BCUT2D eigenvalue weighted by atomic mass is 35.5. The Morgan fingerprint density at radius 2 is 1.78 bits per heavy atom. The van der Waals surface area contributed by atoms with Crippen LogP contribution in [0.5, 0.6) is 0 Å². The van der Waals surface area contributed by atoms with E-state index in [9.17, 15) is 0 Å². The lowest BCUT2D eigenvalue weighted by molar-refractivity contribution is 0.381. The Kier molecular flexibility index (Phi) is 10.0. The predicted molar refractivity (Wildman–Crippen MR) is 112 cm³/mol. The molecule has 0 spiro atoms. The molecule has 3 N–H and O–H groups in total. The van der Waals surface area contributed by atoms with Crippen LogP contribution < -0.4 is 5.32 Å². The molecule has 1 atom stereocenters. The van der Waals surface area contributed by atoms with Gasteiger partial charge in [-0.2, -0.15) is 8.42 Å². The van der Waals surface area contributed by atoms with Gasteiger partial charge in [0.25, 0.3) is 0 Å². The second-order valence-corrected chi connectivity index (χ2v) is 7.96. The van der Waals surface area contributed by atoms with E-state index >= 15 is 0 Å². The van der Waals surface area contributed by atoms with Crippen LogP contribution in [0.2, 0.25) is 5.02 Å². The van der Waals surface area contributed by atoms with Gasteiger partial charge in [0.05, 0.1) is 5.52 Å². The third-order valence-corrected chi connectivity index (χ3v) is 4.75. The van der Waals surface area contributed by atoms with Crippen molar-refractivity contribution < 1.29 is 17.5 Å². The van der Waals surface area contributed by atoms with Gasteiger partial charge in [0, 0.05) is 28.3 Å². The fourth-order valence-electron chi connectivity index (χ4n) is 2.99. The molecule has 0 radical (unpaired) electrons. The van der Waals surface area contributed by atoms with E-state index in [-0.39, 0.29) is 0 Å². The van der Waals surface area contributed by atoms with Crippen molar-refractivity contribution in [3.63, 3.8) is 0 Å². The molecule has 0 fully saturated rings. The Bertz CT molecular complexity index is 802. The predicted octanol–water partition coefficient (Wildman–Crippen LogP) is 5.64. The molecule has 1 heterocycles. The number of nitrogens with zero attached hydrogens (tertiary/aromatic N) is 1. The minimum Gasteiger partial charge on any atom is -0.382 e. The topological polar surface area (TPSA) is 99.5 Å². The van der Waals surface area contributed by atoms with Crippen molar-refractivity contribution in [1.29, 1.82) is 0 Å². The molecule has 1 unspecified atom stereocenters. The van der Waals surface area contributed by atoms with Crippen LogP contribution in [-0.4, -0.2) is 28.5 Å². The maximum absolute atomic E-state index is 8.74. The minimum absolute atomic E-state index is 0.468. The lowest BCUT2D eigenvalue weighted by Crippen LogP contribution is -2.15. The van der Waals surface area contributed by atoms with Crippen LogP contribution in [0.1, 0.15) is 52.9 Å². The molecule has 1 aromatic carbocycles. The highest BCUT2D eigenvalue weighted by molar-refractivity contribution is 7.79. The van der Waals surface area contributed by atoms with Gasteiger partial charge in [-0.25, -0.2) is 0 Å². The summed E-state index contributed by atoms with van der Waals surface area (Å²) in [6, 6.07) is 8.40. The van der Waals surface area contributed by atoms with Crippen molar-refractivity contribution in [2.75, 3.05) is 5.32 Å². The normalized spacial score (nSPS) is 12.6. The molecular formula is C19H29ClN2O4S. The molecule has 0 aliphatic carbocycles. The molecule has 0 amide bonds. The number of pyridine rings is 1. The molecule has 2 aromatic rings. The molecule has 0 saturated heterocycles. The number of halogens is 1. The van der Waals surface area contributed by atoms with Crippen LogP contribution in [0.4, 0.5) is 5.69 Å². The van der Waals surface area contributed by atoms with Crippen molar-refractivity contribution in [2.45, 2.75) is 58.9 Å². The standard InChI is InChI=1S/C19H27ClN2.H2O4S/c1-4-15(5-2)8-6-7-14(3)22-18-11-12-21-19-13-16(20)9-10-17(18)19;1-5(2,3)4/h9-15H,4-8H2,1-3H3,(H,21,22);(H2,1,2,3,4). The zero-order chi connectivity index (χ0) is 20.4. The summed E-state index contributed by atoms with van der Waals surface area (Å²) in [6.45, 7) is 6.85. The SMILES string of the molecule is CCC(CC)CCCC(C)Nc1ccnc2cc(Cl)ccc12.O=S(=O)(O)O. The van der Waals surface area contributed by atoms with E-state index in [2.05, 4.69) is 31.1 Å². The van der Waals surface area contributed by atoms with Crippen molar-refractivity contribution in [3.8, 4) is 0 Å². The number of hydrogen-bond acceptors (Lipinski definition) is 4. The number of aromatic nitrogens is 1. The number of nitrogens with one attached hydrogen (secondary N) is 1. The van der Waals surface area contributed by atoms with Crippen LogP contribution in [0.15, 0.2) is 30.5 Å². The summed E-state index contributed by atoms with van der Waals surface area (Å²) in [5.41, 5.74) is 2.10. The summed E-state index contributed by atoms with van der Waals surface area (Å²) in [6.07, 6.45) is 8.27. The van der Waals surface area contributed by atoms with Gasteiger partial charge < -0.3 is 5.32 Å². The lowest BCUT2D eigenvalue weighted by atomic mass is 9.95. The van der Waals surface area contributed by atoms with E-state index in [0.717, 1.165) is 27.5 Å². The van der Waals surface area contributed by atoms with Gasteiger partial charge in [-0.15, -0.1) is 0 Å². The third-order valence-electron chi connectivity index (χ3n) is 4.51. The molecule has 1 aromatic heterocycles. The van der Waals surface area contributed by atoms with Gasteiger partial charge in [0.15, 0.2) is 0 Å². The maximum Gasteiger partial charge on any atom is 0.394 e. The first-order valence-corrected chi connectivity index (χ1v) is 10.9. The summed E-state index contributed by atoms with van der Waals surface area (Å²) in [5, 5.41) is 5.50. The quantitative estimate of drug-likeness (QED) is 0.481. The highest BCUT2D eigenvalue weighted by Gasteiger charge is 2.08. The third kappa shape index (κ3) is 9.91. The molecular weight excluding hydrogens is 388 g/mol. The average Bonchev–Trinajstić information content (AvgIpc) is 2.57. The van der Waals surface area contributed by atoms with Gasteiger partial charge in [-0.3, -0.25) is 14.1 Å². The van der Waals surface area contributed by atoms with E-state index in [1.165, 1.54) is 32.1 Å². The van der Waals surface area contributed by atoms with Crippen molar-refractivity contribution in [2.24, 2.45) is 5.92 Å². The molecule has 6 nitrogen and oxygen atoms in total. The van der Waals surface area contributed by atoms with Gasteiger partial charge in [0.2, 0.25) is 0 Å². The molecule has 0 bridgehead atoms. The van der Waals surface area contributed by atoms with Crippen LogP contribution in [0.25, 0.3) is 10.9 Å². The zero-order valence-corrected chi connectivity index (χ0v) is 17.6. The molecule has 0 aliphatic rings. The molecule has 2 rings (SSSR count). The fourth-order valence-corrected chi connectivity index (χ4v) is 3.16. The lowest BCUT2D eigenvalue weighted by Gasteiger charge is -2.18. The summed E-state index contributed by atoms with van der Waals surface area (Å²) < 4.78 is 31.6. The van der Waals surface area contributed by atoms with Gasteiger partial charge >= 0.3 is 10.4 Å². The van der Waals surface area contributed by atoms with Crippen molar-refractivity contribution in [3.05, 3.63) is 35.5 Å². The number of fused-ring (bicyclic) bond motifs is 1. The Morgan fingerprint density at radius 3 is 2.37 bits per heavy atom. The number of hydrogen-bond donors (Lipinski definition) is 3. The number of benzene rings is 1. The second-order valence-electron chi connectivity index (χ2n) is 6.63. The Hall–Kier alpha value is -1.41. The minimum atomic E-state index is -4.67. The highest BCUT2D eigenvalue weighted by Crippen LogP contribution is 2.25. The van der Waals surface area contributed by atoms with Gasteiger partial charge in [-0.1, -0.05) is 51.1 Å². The second kappa shape index (κ2) is 11.4. The average molecular weight is 417 g/mol. The number of rotatable bonds is 8. The Morgan fingerprint density at radius 1 is 1.15 bits per heavy atom. The van der Waals surface area contributed by atoms with Crippen molar-refractivity contribution >= 4 is 38.6 Å². The van der Waals surface area contributed by atoms with Gasteiger partial charge in [0.1, 0.15) is 0 Å². The molecule has 152 valence electrons. The molecule has 0 aliphatic heterocycles. The monoisotopic (exact) mass is 416 g/mol. The first kappa shape index (κ1) is 23.6. The maximum atomic E-state index is 8.74. The van der Waals surface area contributed by atoms with Crippen molar-refractivity contribution in [1.82, 2.24) is 4.98 Å². The Balaban J connectivity index is 0.000000646. The summed E-state index contributed by atoms with van der Waals surface area (Å²) in [7, 11) is -4.67. The zero-order valence-electron chi connectivity index (χ0n) is 16.0. The van der Waals surface area contributed by atoms with E-state index in [4.69, 9.17) is 29.1 Å². The fraction of sp³-hybridized carbons (Fsp3) is 0.526. The number of anilines is 1. The summed E-state index contributed by atoms with van der Waals surface area (Å²) in [5.74, 6) is 0.885. The summed E-state index contributed by atoms with van der Waals surface area (Å²) >= 11 is 6.04. The van der Waals surface area contributed by atoms with Crippen LogP contribution >= 0.6 is 11.6 Å². The van der Waals surface area contributed by atoms with E-state index in [1.807, 2.05) is 30.5 Å². The van der Waals surface area contributed by atoms with E-state index in [1.54, 1.807) is 0 Å². The summed E-state index contributed by atoms with van der Waals surface area (Å²) in [4.78, 5) is 4.39. The van der Waals surface area contributed by atoms with E-state index < -0.39 is 10.4 Å². The first-order valence-electron chi connectivity index (χ1n) is 9.14. The Labute approximate surface area is 166 Å². The van der Waals surface area contributed by atoms with Crippen LogP contribution in [0, 0.1) is 5.92 Å². The van der Waals surface area contributed by atoms with E-state index in [0.29, 0.717) is 6.04 Å². The van der Waals surface area contributed by atoms with Gasteiger partial charge in [-0.05, 0) is 43.5 Å². The molecule has 0 saturated carbocycles. The molecule has 8 heteroatoms. The molecule has 27 heavy (non-hydrogen) atoms. The van der Waals surface area contributed by atoms with Crippen LogP contribution in [0.3, 0.4) is 0 Å². The smallest absolute Gasteiger partial charge is 0.382 e.